The van der Waals surface area contributed by atoms with Crippen molar-refractivity contribution < 1.29 is 9.47 Å². The van der Waals surface area contributed by atoms with Crippen LogP contribution < -0.4 is 9.47 Å². The summed E-state index contributed by atoms with van der Waals surface area (Å²) in [6.45, 7) is 0. The number of rotatable bonds is 7. The molecule has 0 unspecified atom stereocenters. The fraction of sp³-hybridized carbons (Fsp3) is 0.0769. The molecule has 0 bridgehead atoms. The largest absolute Gasteiger partial charge is 0.497 e. The van der Waals surface area contributed by atoms with Gasteiger partial charge < -0.3 is 14.0 Å². The van der Waals surface area contributed by atoms with Gasteiger partial charge in [0.05, 0.1) is 25.3 Å². The minimum atomic E-state index is 0.811. The van der Waals surface area contributed by atoms with E-state index in [4.69, 9.17) is 14.6 Å². The number of aromatic nitrogens is 4. The first-order valence-corrected chi connectivity index (χ1v) is 19.6. The Labute approximate surface area is 336 Å². The molecule has 10 aromatic rings. The van der Waals surface area contributed by atoms with E-state index in [9.17, 15) is 0 Å². The van der Waals surface area contributed by atoms with Crippen LogP contribution in [0.2, 0.25) is 0 Å². The van der Waals surface area contributed by atoms with Crippen molar-refractivity contribution in [3.63, 3.8) is 0 Å². The molecule has 0 fully saturated rings. The van der Waals surface area contributed by atoms with Gasteiger partial charge in [0.2, 0.25) is 0 Å². The maximum Gasteiger partial charge on any atom is 0.168 e. The fourth-order valence-electron chi connectivity index (χ4n) is 8.79. The molecule has 6 nitrogen and oxygen atoms in total. The zero-order chi connectivity index (χ0) is 38.7. The Bertz CT molecular complexity index is 3120. The van der Waals surface area contributed by atoms with E-state index in [0.717, 1.165) is 85.9 Å². The average Bonchev–Trinajstić information content (AvgIpc) is 3.87. The molecule has 0 saturated carbocycles. The van der Waals surface area contributed by atoms with Crippen LogP contribution in [0.25, 0.3) is 77.9 Å². The average molecular weight is 751 g/mol. The van der Waals surface area contributed by atoms with E-state index in [0.29, 0.717) is 0 Å². The highest BCUT2D eigenvalue weighted by molar-refractivity contribution is 6.10. The van der Waals surface area contributed by atoms with Gasteiger partial charge in [-0.15, -0.1) is 10.2 Å². The summed E-state index contributed by atoms with van der Waals surface area (Å²) in [6.07, 6.45) is 1.81. The molecule has 0 atom stereocenters. The Morgan fingerprint density at radius 1 is 0.397 bits per heavy atom. The van der Waals surface area contributed by atoms with Gasteiger partial charge in [-0.25, -0.2) is 0 Å². The number of methoxy groups -OCH3 is 2. The van der Waals surface area contributed by atoms with Gasteiger partial charge in [0.1, 0.15) is 11.5 Å². The maximum atomic E-state index is 5.61. The molecule has 0 radical (unpaired) electrons. The molecule has 8 aromatic carbocycles. The van der Waals surface area contributed by atoms with E-state index in [1.807, 2.05) is 48.5 Å². The van der Waals surface area contributed by atoms with Crippen LogP contribution in [-0.4, -0.2) is 33.6 Å². The zero-order valence-electron chi connectivity index (χ0n) is 32.2. The Kier molecular flexibility index (Phi) is 7.96. The fourth-order valence-corrected chi connectivity index (χ4v) is 8.79. The molecule has 2 heterocycles. The number of benzene rings is 8. The van der Waals surface area contributed by atoms with Crippen molar-refractivity contribution in [1.82, 2.24) is 19.3 Å². The molecule has 6 heteroatoms. The molecule has 0 spiro atoms. The molecule has 0 saturated heterocycles. The van der Waals surface area contributed by atoms with Crippen LogP contribution in [0.5, 0.6) is 11.5 Å². The van der Waals surface area contributed by atoms with Gasteiger partial charge in [-0.05, 0) is 124 Å². The Morgan fingerprint density at radius 3 is 1.60 bits per heavy atom. The minimum absolute atomic E-state index is 0.811. The molecule has 0 N–H and O–H groups in total. The third kappa shape index (κ3) is 5.64. The lowest BCUT2D eigenvalue weighted by atomic mass is 9.84. The predicted octanol–water partition coefficient (Wildman–Crippen LogP) is 12.0. The number of para-hydroxylation sites is 1. The topological polar surface area (TPSA) is 54.1 Å². The standard InChI is InChI=1S/C52H38N4O2/c1-57-45-21-23-49-47(31-45)48-32-46(58-2)22-24-50(48)55(49)44-20-19-38-27-40-28-39-25-36(17-18-37(39)26-41(40)29-42(38)30-44)33-13-15-35(16-14-33)52-54-53-51(34-9-5-3-6-10-34)56(52)43-11-7-4-8-12-43/h3-26,28,30-32H,27,29H2,1-2H3. The summed E-state index contributed by atoms with van der Waals surface area (Å²) >= 11 is 0. The first kappa shape index (κ1) is 33.9. The first-order chi connectivity index (χ1) is 28.6. The third-order valence-corrected chi connectivity index (χ3v) is 11.7. The van der Waals surface area contributed by atoms with Gasteiger partial charge in [-0.2, -0.15) is 0 Å². The molecule has 0 amide bonds. The molecule has 1 aliphatic carbocycles. The van der Waals surface area contributed by atoms with Gasteiger partial charge in [-0.3, -0.25) is 4.57 Å². The van der Waals surface area contributed by atoms with Crippen molar-refractivity contribution in [3.8, 4) is 56.8 Å². The van der Waals surface area contributed by atoms with Crippen LogP contribution in [0.3, 0.4) is 0 Å². The Morgan fingerprint density at radius 2 is 0.948 bits per heavy atom. The van der Waals surface area contributed by atoms with Crippen molar-refractivity contribution in [2.75, 3.05) is 14.2 Å². The predicted molar refractivity (Wildman–Crippen MR) is 235 cm³/mol. The lowest BCUT2D eigenvalue weighted by Gasteiger charge is -2.22. The summed E-state index contributed by atoms with van der Waals surface area (Å²) in [5.41, 5.74) is 14.4. The lowest BCUT2D eigenvalue weighted by Crippen LogP contribution is -2.08. The first-order valence-electron chi connectivity index (χ1n) is 19.6. The summed E-state index contributed by atoms with van der Waals surface area (Å²) in [4.78, 5) is 0. The normalized spacial score (nSPS) is 12.2. The van der Waals surface area contributed by atoms with Gasteiger partial charge >= 0.3 is 0 Å². The van der Waals surface area contributed by atoms with Crippen LogP contribution >= 0.6 is 0 Å². The summed E-state index contributed by atoms with van der Waals surface area (Å²) in [7, 11) is 3.43. The van der Waals surface area contributed by atoms with Crippen LogP contribution in [-0.2, 0) is 12.8 Å². The Balaban J connectivity index is 0.904. The van der Waals surface area contributed by atoms with Crippen molar-refractivity contribution in [2.45, 2.75) is 12.8 Å². The van der Waals surface area contributed by atoms with Crippen LogP contribution in [0.15, 0.2) is 170 Å². The van der Waals surface area contributed by atoms with Gasteiger partial charge in [0.15, 0.2) is 11.6 Å². The maximum absolute atomic E-state index is 5.61. The summed E-state index contributed by atoms with van der Waals surface area (Å²) in [5, 5.41) is 14.2. The van der Waals surface area contributed by atoms with Crippen LogP contribution in [0.1, 0.15) is 22.3 Å². The van der Waals surface area contributed by atoms with E-state index >= 15 is 0 Å². The molecular formula is C52H38N4O2. The van der Waals surface area contributed by atoms with E-state index in [1.54, 1.807) is 14.2 Å². The zero-order valence-corrected chi connectivity index (χ0v) is 32.2. The lowest BCUT2D eigenvalue weighted by molar-refractivity contribution is 0.415. The quantitative estimate of drug-likeness (QED) is 0.163. The molecule has 1 aliphatic rings. The number of hydrogen-bond donors (Lipinski definition) is 0. The minimum Gasteiger partial charge on any atom is -0.497 e. The number of ether oxygens (including phenoxy) is 2. The highest BCUT2D eigenvalue weighted by atomic mass is 16.5. The van der Waals surface area contributed by atoms with Crippen molar-refractivity contribution in [3.05, 3.63) is 192 Å². The van der Waals surface area contributed by atoms with Crippen LogP contribution in [0, 0.1) is 0 Å². The monoisotopic (exact) mass is 750 g/mol. The third-order valence-electron chi connectivity index (χ3n) is 11.7. The van der Waals surface area contributed by atoms with E-state index in [1.165, 1.54) is 38.6 Å². The van der Waals surface area contributed by atoms with Crippen molar-refractivity contribution >= 4 is 32.6 Å². The highest BCUT2D eigenvalue weighted by Gasteiger charge is 2.21. The van der Waals surface area contributed by atoms with E-state index < -0.39 is 0 Å². The SMILES string of the molecule is COc1ccc2c(c1)c1cc(OC)ccc1n2-c1ccc2c(c1)Cc1cc3ccc(-c4ccc(-c5nnc(-c6ccccc6)n5-c5ccccc5)cc4)cc3cc1C2. The highest BCUT2D eigenvalue weighted by Crippen LogP contribution is 2.39. The smallest absolute Gasteiger partial charge is 0.168 e. The second kappa shape index (κ2) is 13.6. The number of nitrogens with zero attached hydrogens (tertiary/aromatic N) is 4. The number of fused-ring (bicyclic) bond motifs is 6. The van der Waals surface area contributed by atoms with Gasteiger partial charge in [-0.1, -0.05) is 103 Å². The molecule has 58 heavy (non-hydrogen) atoms. The summed E-state index contributed by atoms with van der Waals surface area (Å²) < 4.78 is 15.7. The summed E-state index contributed by atoms with van der Waals surface area (Å²) in [5.74, 6) is 3.31. The second-order valence-electron chi connectivity index (χ2n) is 15.1. The number of hydrogen-bond acceptors (Lipinski definition) is 4. The molecular weight excluding hydrogens is 713 g/mol. The second-order valence-corrected chi connectivity index (χ2v) is 15.1. The van der Waals surface area contributed by atoms with E-state index in [-0.39, 0.29) is 0 Å². The van der Waals surface area contributed by atoms with E-state index in [2.05, 4.69) is 136 Å². The van der Waals surface area contributed by atoms with Crippen molar-refractivity contribution in [1.29, 1.82) is 0 Å². The van der Waals surface area contributed by atoms with Crippen LogP contribution in [0.4, 0.5) is 0 Å². The van der Waals surface area contributed by atoms with Gasteiger partial charge in [0, 0.05) is 33.3 Å². The molecule has 278 valence electrons. The summed E-state index contributed by atoms with van der Waals surface area (Å²) in [6, 6.07) is 60.5. The Hall–Kier alpha value is -7.44. The molecule has 2 aromatic heterocycles. The van der Waals surface area contributed by atoms with Gasteiger partial charge in [0.25, 0.3) is 0 Å². The molecule has 11 rings (SSSR count). The molecule has 0 aliphatic heterocycles. The van der Waals surface area contributed by atoms with Crippen molar-refractivity contribution in [2.24, 2.45) is 0 Å².